The molecule has 1 aliphatic heterocycles. The summed E-state index contributed by atoms with van der Waals surface area (Å²) in [6.07, 6.45) is -0.739. The summed E-state index contributed by atoms with van der Waals surface area (Å²) in [6.45, 7) is 3.41. The minimum Gasteiger partial charge on any atom is -0.475 e. The number of aromatic nitrogens is 4. The number of alkyl halides is 3. The lowest BCUT2D eigenvalue weighted by Crippen LogP contribution is -2.39. The van der Waals surface area contributed by atoms with Gasteiger partial charge in [-0.2, -0.15) is 34.7 Å². The summed E-state index contributed by atoms with van der Waals surface area (Å²) in [4.78, 5) is 23.6. The number of carboxylic acids is 1. The van der Waals surface area contributed by atoms with Gasteiger partial charge in [-0.25, -0.2) is 4.79 Å². The molecule has 2 N–H and O–H groups in total. The van der Waals surface area contributed by atoms with Crippen LogP contribution in [0.15, 0.2) is 41.4 Å². The first-order chi connectivity index (χ1) is 15.6. The quantitative estimate of drug-likeness (QED) is 0.558. The maximum absolute atomic E-state index is 12.2. The Morgan fingerprint density at radius 1 is 1.24 bits per heavy atom. The SMILES string of the molecule is Cn1nccc1C(=O)NCCC1CN(Cc2ccsc2)Cc2ccnn21.O=C(O)C(F)(F)F. The molecule has 178 valence electrons. The van der Waals surface area contributed by atoms with E-state index in [2.05, 4.69) is 48.0 Å². The smallest absolute Gasteiger partial charge is 0.475 e. The highest BCUT2D eigenvalue weighted by Crippen LogP contribution is 2.24. The number of nitrogens with zero attached hydrogens (tertiary/aromatic N) is 5. The van der Waals surface area contributed by atoms with Crippen molar-refractivity contribution >= 4 is 23.2 Å². The Morgan fingerprint density at radius 3 is 2.58 bits per heavy atom. The van der Waals surface area contributed by atoms with Crippen LogP contribution >= 0.6 is 11.3 Å². The van der Waals surface area contributed by atoms with Gasteiger partial charge in [-0.15, -0.1) is 0 Å². The fourth-order valence-electron chi connectivity index (χ4n) is 3.48. The number of carbonyl (C=O) groups is 2. The fourth-order valence-corrected chi connectivity index (χ4v) is 4.14. The lowest BCUT2D eigenvalue weighted by atomic mass is 10.1. The molecule has 33 heavy (non-hydrogen) atoms. The third-order valence-electron chi connectivity index (χ3n) is 5.00. The molecule has 0 radical (unpaired) electrons. The van der Waals surface area contributed by atoms with Crippen LogP contribution in [0.25, 0.3) is 0 Å². The Bertz CT molecular complexity index is 1060. The molecule has 13 heteroatoms. The molecule has 3 aromatic heterocycles. The van der Waals surface area contributed by atoms with Gasteiger partial charge in [0.15, 0.2) is 0 Å². The Kier molecular flexibility index (Phi) is 7.87. The van der Waals surface area contributed by atoms with E-state index in [-0.39, 0.29) is 11.9 Å². The van der Waals surface area contributed by atoms with Gasteiger partial charge < -0.3 is 10.4 Å². The van der Waals surface area contributed by atoms with Crippen LogP contribution in [-0.4, -0.2) is 60.7 Å². The number of carboxylic acid groups (broad SMARTS) is 1. The maximum atomic E-state index is 12.2. The molecule has 0 aliphatic carbocycles. The molecule has 0 fully saturated rings. The zero-order valence-corrected chi connectivity index (χ0v) is 18.5. The van der Waals surface area contributed by atoms with Crippen molar-refractivity contribution in [3.63, 3.8) is 0 Å². The summed E-state index contributed by atoms with van der Waals surface area (Å²) in [7, 11) is 1.77. The lowest BCUT2D eigenvalue weighted by Gasteiger charge is -2.33. The van der Waals surface area contributed by atoms with Crippen LogP contribution in [0.1, 0.15) is 34.2 Å². The topological polar surface area (TPSA) is 105 Å². The van der Waals surface area contributed by atoms with Crippen molar-refractivity contribution in [2.45, 2.75) is 31.7 Å². The molecule has 3 aromatic rings. The number of carbonyl (C=O) groups excluding carboxylic acids is 1. The van der Waals surface area contributed by atoms with Crippen molar-refractivity contribution in [1.29, 1.82) is 0 Å². The van der Waals surface area contributed by atoms with E-state index in [1.165, 1.54) is 11.3 Å². The molecule has 0 bridgehead atoms. The number of amides is 1. The second kappa shape index (κ2) is 10.6. The molecular weight excluding hydrogens is 461 g/mol. The molecule has 1 aliphatic rings. The van der Waals surface area contributed by atoms with Gasteiger partial charge in [-0.1, -0.05) is 0 Å². The first-order valence-corrected chi connectivity index (χ1v) is 10.9. The lowest BCUT2D eigenvalue weighted by molar-refractivity contribution is -0.192. The normalized spacial score (nSPS) is 15.9. The number of fused-ring (bicyclic) bond motifs is 1. The Balaban J connectivity index is 0.000000383. The summed E-state index contributed by atoms with van der Waals surface area (Å²) in [6, 6.07) is 6.25. The average molecular weight is 485 g/mol. The van der Waals surface area contributed by atoms with Crippen LogP contribution in [0.3, 0.4) is 0 Å². The molecule has 1 atom stereocenters. The monoisotopic (exact) mass is 484 g/mol. The van der Waals surface area contributed by atoms with Crippen LogP contribution in [0.4, 0.5) is 13.2 Å². The molecule has 1 unspecified atom stereocenters. The van der Waals surface area contributed by atoms with Crippen molar-refractivity contribution in [2.75, 3.05) is 13.1 Å². The van der Waals surface area contributed by atoms with Gasteiger partial charge in [0.05, 0.1) is 11.7 Å². The van der Waals surface area contributed by atoms with Crippen LogP contribution < -0.4 is 5.32 Å². The van der Waals surface area contributed by atoms with Crippen molar-refractivity contribution in [1.82, 2.24) is 29.8 Å². The van der Waals surface area contributed by atoms with E-state index in [0.29, 0.717) is 12.2 Å². The molecule has 4 heterocycles. The molecule has 0 saturated carbocycles. The minimum absolute atomic E-state index is 0.0865. The van der Waals surface area contributed by atoms with Crippen molar-refractivity contribution < 1.29 is 27.9 Å². The highest BCUT2D eigenvalue weighted by molar-refractivity contribution is 7.07. The molecular formula is C20H23F3N6O3S. The molecule has 0 saturated heterocycles. The fraction of sp³-hybridized carbons (Fsp3) is 0.400. The van der Waals surface area contributed by atoms with Gasteiger partial charge >= 0.3 is 12.1 Å². The molecule has 4 rings (SSSR count). The highest BCUT2D eigenvalue weighted by Gasteiger charge is 2.38. The van der Waals surface area contributed by atoms with Crippen LogP contribution in [0.2, 0.25) is 0 Å². The summed E-state index contributed by atoms with van der Waals surface area (Å²) < 4.78 is 35.4. The number of halogens is 3. The molecule has 0 aromatic carbocycles. The summed E-state index contributed by atoms with van der Waals surface area (Å²) in [5.74, 6) is -2.84. The zero-order chi connectivity index (χ0) is 24.0. The number of thiophene rings is 1. The summed E-state index contributed by atoms with van der Waals surface area (Å²) in [5, 5.41) is 23.0. The first-order valence-electron chi connectivity index (χ1n) is 9.97. The number of hydrogen-bond donors (Lipinski definition) is 2. The number of aryl methyl sites for hydroxylation is 1. The van der Waals surface area contributed by atoms with Crippen molar-refractivity contribution in [3.8, 4) is 0 Å². The third kappa shape index (κ3) is 6.65. The largest absolute Gasteiger partial charge is 0.490 e. The van der Waals surface area contributed by atoms with Gasteiger partial charge in [0.2, 0.25) is 0 Å². The number of rotatable bonds is 6. The van der Waals surface area contributed by atoms with E-state index in [1.807, 2.05) is 6.20 Å². The maximum Gasteiger partial charge on any atom is 0.490 e. The Labute approximate surface area is 191 Å². The van der Waals surface area contributed by atoms with E-state index < -0.39 is 12.1 Å². The molecule has 1 amide bonds. The van der Waals surface area contributed by atoms with E-state index >= 15 is 0 Å². The minimum atomic E-state index is -5.08. The Morgan fingerprint density at radius 2 is 1.97 bits per heavy atom. The number of aliphatic carboxylic acids is 1. The third-order valence-corrected chi connectivity index (χ3v) is 5.73. The number of hydrogen-bond acceptors (Lipinski definition) is 6. The number of nitrogens with one attached hydrogen (secondary N) is 1. The Hall–Kier alpha value is -3.19. The molecule has 0 spiro atoms. The van der Waals surface area contributed by atoms with E-state index in [9.17, 15) is 18.0 Å². The summed E-state index contributed by atoms with van der Waals surface area (Å²) >= 11 is 1.73. The van der Waals surface area contributed by atoms with E-state index in [0.717, 1.165) is 26.1 Å². The van der Waals surface area contributed by atoms with Gasteiger partial charge in [0, 0.05) is 45.6 Å². The average Bonchev–Trinajstić information content (AvgIpc) is 3.49. The van der Waals surface area contributed by atoms with Crippen LogP contribution in [-0.2, 0) is 24.9 Å². The predicted molar refractivity (Wildman–Crippen MR) is 114 cm³/mol. The van der Waals surface area contributed by atoms with Crippen molar-refractivity contribution in [2.24, 2.45) is 7.05 Å². The summed E-state index contributed by atoms with van der Waals surface area (Å²) in [5.41, 5.74) is 3.16. The van der Waals surface area contributed by atoms with Gasteiger partial charge in [0.1, 0.15) is 5.69 Å². The molecule has 9 nitrogen and oxygen atoms in total. The zero-order valence-electron chi connectivity index (χ0n) is 17.7. The van der Waals surface area contributed by atoms with E-state index in [4.69, 9.17) is 9.90 Å². The second-order valence-electron chi connectivity index (χ2n) is 7.41. The second-order valence-corrected chi connectivity index (χ2v) is 8.19. The van der Waals surface area contributed by atoms with Gasteiger partial charge in [0.25, 0.3) is 5.91 Å². The predicted octanol–water partition coefficient (Wildman–Crippen LogP) is 2.69. The first kappa shape index (κ1) is 24.5. The van der Waals surface area contributed by atoms with Gasteiger partial charge in [-0.3, -0.25) is 19.1 Å². The standard InChI is InChI=1S/C18H22N6OS.C2HF3O2/c1-22-17(4-8-20-22)18(25)19-6-2-15-11-23(10-14-5-9-26-13-14)12-16-3-7-21-24(15)16;3-2(4,5)1(6)7/h3-5,7-9,13,15H,2,6,10-12H2,1H3,(H,19,25);(H,6,7). The van der Waals surface area contributed by atoms with Crippen LogP contribution in [0, 0.1) is 0 Å². The van der Waals surface area contributed by atoms with Crippen LogP contribution in [0.5, 0.6) is 0 Å². The van der Waals surface area contributed by atoms with Gasteiger partial charge in [-0.05, 0) is 40.9 Å². The van der Waals surface area contributed by atoms with E-state index in [1.54, 1.807) is 35.3 Å². The highest BCUT2D eigenvalue weighted by atomic mass is 32.1. The van der Waals surface area contributed by atoms with Crippen molar-refractivity contribution in [3.05, 3.63) is 58.3 Å².